The lowest BCUT2D eigenvalue weighted by molar-refractivity contribution is -0.111. The molecule has 4 heteroatoms. The van der Waals surface area contributed by atoms with E-state index in [9.17, 15) is 4.79 Å². The molecule has 0 fully saturated rings. The number of halogens is 1. The number of aryl methyl sites for hydroxylation is 1. The second-order valence-electron chi connectivity index (χ2n) is 3.24. The molecule has 16 heavy (non-hydrogen) atoms. The second-order valence-corrected chi connectivity index (χ2v) is 3.66. The summed E-state index contributed by atoms with van der Waals surface area (Å²) in [5.41, 5.74) is 0.940. The highest BCUT2D eigenvalue weighted by atomic mass is 35.5. The summed E-state index contributed by atoms with van der Waals surface area (Å²) >= 11 is 5.32. The molecular formula is C12H15ClO3. The normalized spacial score (nSPS) is 9.94. The molecule has 3 nitrogen and oxygen atoms in total. The van der Waals surface area contributed by atoms with Gasteiger partial charge in [-0.3, -0.25) is 4.79 Å². The van der Waals surface area contributed by atoms with Crippen LogP contribution in [0.5, 0.6) is 11.5 Å². The Hall–Kier alpha value is -1.22. The van der Waals surface area contributed by atoms with E-state index >= 15 is 0 Å². The van der Waals surface area contributed by atoms with Gasteiger partial charge in [0.05, 0.1) is 13.7 Å². The number of methoxy groups -OCH3 is 1. The first-order valence-electron chi connectivity index (χ1n) is 5.16. The van der Waals surface area contributed by atoms with Crippen molar-refractivity contribution in [2.24, 2.45) is 0 Å². The van der Waals surface area contributed by atoms with Gasteiger partial charge < -0.3 is 9.47 Å². The molecule has 0 heterocycles. The molecule has 0 amide bonds. The first-order valence-corrected chi connectivity index (χ1v) is 5.53. The molecule has 0 aromatic heterocycles. The van der Waals surface area contributed by atoms with E-state index < -0.39 is 0 Å². The third-order valence-electron chi connectivity index (χ3n) is 2.16. The molecule has 1 aromatic carbocycles. The van der Waals surface area contributed by atoms with Crippen molar-refractivity contribution in [1.82, 2.24) is 0 Å². The van der Waals surface area contributed by atoms with Crippen molar-refractivity contribution in [1.29, 1.82) is 0 Å². The van der Waals surface area contributed by atoms with E-state index in [1.807, 2.05) is 25.1 Å². The fourth-order valence-electron chi connectivity index (χ4n) is 1.46. The number of carbonyl (C=O) groups is 1. The van der Waals surface area contributed by atoms with Crippen molar-refractivity contribution in [3.63, 3.8) is 0 Å². The largest absolute Gasteiger partial charge is 0.493 e. The molecule has 0 saturated heterocycles. The van der Waals surface area contributed by atoms with E-state index in [4.69, 9.17) is 21.1 Å². The van der Waals surface area contributed by atoms with E-state index in [-0.39, 0.29) is 5.24 Å². The minimum Gasteiger partial charge on any atom is -0.493 e. The van der Waals surface area contributed by atoms with Crippen LogP contribution in [0.15, 0.2) is 18.2 Å². The highest BCUT2D eigenvalue weighted by molar-refractivity contribution is 6.63. The topological polar surface area (TPSA) is 35.5 Å². The summed E-state index contributed by atoms with van der Waals surface area (Å²) in [6.07, 6.45) is 0.865. The summed E-state index contributed by atoms with van der Waals surface area (Å²) in [6.45, 7) is 2.46. The zero-order valence-corrected chi connectivity index (χ0v) is 10.2. The number of ether oxygens (including phenoxy) is 2. The fraction of sp³-hybridized carbons (Fsp3) is 0.417. The smallest absolute Gasteiger partial charge is 0.221 e. The van der Waals surface area contributed by atoms with Gasteiger partial charge >= 0.3 is 0 Å². The monoisotopic (exact) mass is 242 g/mol. The second kappa shape index (κ2) is 6.38. The molecule has 0 aliphatic rings. The molecule has 0 spiro atoms. The Morgan fingerprint density at radius 3 is 2.75 bits per heavy atom. The van der Waals surface area contributed by atoms with Gasteiger partial charge in [0.1, 0.15) is 0 Å². The molecule has 0 bridgehead atoms. The Balaban J connectivity index is 2.92. The molecule has 0 atom stereocenters. The van der Waals surface area contributed by atoms with Crippen LogP contribution in [-0.2, 0) is 11.2 Å². The third-order valence-corrected chi connectivity index (χ3v) is 2.35. The van der Waals surface area contributed by atoms with Gasteiger partial charge in [0.2, 0.25) is 5.24 Å². The van der Waals surface area contributed by atoms with E-state index in [2.05, 4.69) is 0 Å². The average molecular weight is 243 g/mol. The molecule has 0 aliphatic heterocycles. The molecule has 1 aromatic rings. The van der Waals surface area contributed by atoms with Crippen molar-refractivity contribution >= 4 is 16.8 Å². The fourth-order valence-corrected chi connectivity index (χ4v) is 1.55. The number of hydrogen-bond donors (Lipinski definition) is 0. The minimum atomic E-state index is -0.342. The number of rotatable bonds is 6. The molecule has 0 unspecified atom stereocenters. The van der Waals surface area contributed by atoms with Crippen LogP contribution in [0.2, 0.25) is 0 Å². The summed E-state index contributed by atoms with van der Waals surface area (Å²) in [5, 5.41) is -0.342. The molecule has 0 radical (unpaired) electrons. The van der Waals surface area contributed by atoms with Gasteiger partial charge in [0.25, 0.3) is 0 Å². The maximum absolute atomic E-state index is 10.7. The Morgan fingerprint density at radius 1 is 1.44 bits per heavy atom. The van der Waals surface area contributed by atoms with Gasteiger partial charge in [-0.15, -0.1) is 0 Å². The number of hydrogen-bond acceptors (Lipinski definition) is 3. The van der Waals surface area contributed by atoms with Gasteiger partial charge in [-0.2, -0.15) is 0 Å². The zero-order chi connectivity index (χ0) is 12.0. The van der Waals surface area contributed by atoms with Gasteiger partial charge in [0.15, 0.2) is 11.5 Å². The van der Waals surface area contributed by atoms with Crippen LogP contribution in [0.4, 0.5) is 0 Å². The van der Waals surface area contributed by atoms with Crippen LogP contribution >= 0.6 is 11.6 Å². The van der Waals surface area contributed by atoms with Gasteiger partial charge in [-0.1, -0.05) is 12.1 Å². The van der Waals surface area contributed by atoms with Crippen molar-refractivity contribution in [3.8, 4) is 11.5 Å². The zero-order valence-electron chi connectivity index (χ0n) is 9.46. The predicted octanol–water partition coefficient (Wildman–Crippen LogP) is 2.79. The summed E-state index contributed by atoms with van der Waals surface area (Å²) in [7, 11) is 1.59. The lowest BCUT2D eigenvalue weighted by atomic mass is 10.1. The van der Waals surface area contributed by atoms with Crippen molar-refractivity contribution in [2.45, 2.75) is 19.8 Å². The van der Waals surface area contributed by atoms with E-state index in [0.29, 0.717) is 30.9 Å². The SMILES string of the molecule is CCOc1c(CCC(=O)Cl)cccc1OC. The lowest BCUT2D eigenvalue weighted by Crippen LogP contribution is -2.01. The van der Waals surface area contributed by atoms with Crippen molar-refractivity contribution in [2.75, 3.05) is 13.7 Å². The first kappa shape index (κ1) is 12.8. The maximum Gasteiger partial charge on any atom is 0.221 e. The van der Waals surface area contributed by atoms with Crippen molar-refractivity contribution in [3.05, 3.63) is 23.8 Å². The summed E-state index contributed by atoms with van der Waals surface area (Å²) in [4.78, 5) is 10.7. The van der Waals surface area contributed by atoms with Crippen LogP contribution in [0.3, 0.4) is 0 Å². The first-order chi connectivity index (χ1) is 7.69. The summed E-state index contributed by atoms with van der Waals surface area (Å²) in [5.74, 6) is 1.38. The van der Waals surface area contributed by atoms with E-state index in [1.165, 1.54) is 0 Å². The van der Waals surface area contributed by atoms with Gasteiger partial charge in [-0.05, 0) is 36.6 Å². The highest BCUT2D eigenvalue weighted by Gasteiger charge is 2.10. The van der Waals surface area contributed by atoms with Crippen LogP contribution in [0.1, 0.15) is 18.9 Å². The summed E-state index contributed by atoms with van der Waals surface area (Å²) < 4.78 is 10.7. The Bertz CT molecular complexity index is 363. The molecule has 88 valence electrons. The Kier molecular flexibility index (Phi) is 5.12. The standard InChI is InChI=1S/C12H15ClO3/c1-3-16-12-9(7-8-11(13)14)5-4-6-10(12)15-2/h4-6H,3,7-8H2,1-2H3. The Labute approximate surface area is 100 Å². The Morgan fingerprint density at radius 2 is 2.19 bits per heavy atom. The molecule has 1 rings (SSSR count). The van der Waals surface area contributed by atoms with Gasteiger partial charge in [0, 0.05) is 6.42 Å². The molecule has 0 N–H and O–H groups in total. The molecular weight excluding hydrogens is 228 g/mol. The van der Waals surface area contributed by atoms with E-state index in [1.54, 1.807) is 7.11 Å². The predicted molar refractivity (Wildman–Crippen MR) is 63.3 cm³/mol. The van der Waals surface area contributed by atoms with Crippen LogP contribution < -0.4 is 9.47 Å². The van der Waals surface area contributed by atoms with E-state index in [0.717, 1.165) is 5.56 Å². The maximum atomic E-state index is 10.7. The summed E-state index contributed by atoms with van der Waals surface area (Å²) in [6, 6.07) is 5.61. The lowest BCUT2D eigenvalue weighted by Gasteiger charge is -2.13. The van der Waals surface area contributed by atoms with Crippen LogP contribution in [-0.4, -0.2) is 19.0 Å². The average Bonchev–Trinajstić information content (AvgIpc) is 2.27. The number of para-hydroxylation sites is 1. The molecule has 0 aliphatic carbocycles. The van der Waals surface area contributed by atoms with Crippen LogP contribution in [0.25, 0.3) is 0 Å². The van der Waals surface area contributed by atoms with Gasteiger partial charge in [-0.25, -0.2) is 0 Å². The highest BCUT2D eigenvalue weighted by Crippen LogP contribution is 2.31. The number of benzene rings is 1. The quantitative estimate of drug-likeness (QED) is 0.720. The number of carbonyl (C=O) groups excluding carboxylic acids is 1. The third kappa shape index (κ3) is 3.42. The van der Waals surface area contributed by atoms with Crippen LogP contribution in [0, 0.1) is 0 Å². The minimum absolute atomic E-state index is 0.300. The molecule has 0 saturated carbocycles. The van der Waals surface area contributed by atoms with Crippen molar-refractivity contribution < 1.29 is 14.3 Å².